The number of nitrogens with zero attached hydrogens (tertiary/aromatic N) is 2. The van der Waals surface area contributed by atoms with E-state index in [2.05, 4.69) is 4.98 Å². The summed E-state index contributed by atoms with van der Waals surface area (Å²) in [7, 11) is 0. The fourth-order valence-corrected chi connectivity index (χ4v) is 5.38. The summed E-state index contributed by atoms with van der Waals surface area (Å²) in [5.74, 6) is -1.64. The number of fused-ring (bicyclic) bond motifs is 4. The first kappa shape index (κ1) is 25.3. The van der Waals surface area contributed by atoms with Gasteiger partial charge in [-0.25, -0.2) is 9.36 Å². The summed E-state index contributed by atoms with van der Waals surface area (Å²) >= 11 is 0. The molecule has 3 aromatic heterocycles. The van der Waals surface area contributed by atoms with E-state index in [0.717, 1.165) is 19.9 Å². The molecule has 0 bridgehead atoms. The van der Waals surface area contributed by atoms with Crippen molar-refractivity contribution in [2.75, 3.05) is 0 Å². The van der Waals surface area contributed by atoms with Crippen LogP contribution in [0.25, 0.3) is 44.1 Å². The molecule has 3 aromatic carbocycles. The predicted octanol–water partition coefficient (Wildman–Crippen LogP) is 4.53. The van der Waals surface area contributed by atoms with Gasteiger partial charge in [-0.1, -0.05) is 36.4 Å². The topological polar surface area (TPSA) is 123 Å². The number of hydrogen-bond donors (Lipinski definition) is 3. The number of halogens is 1. The van der Waals surface area contributed by atoms with E-state index in [0.29, 0.717) is 38.7 Å². The predicted molar refractivity (Wildman–Crippen MR) is 153 cm³/mol. The molecule has 9 heteroatoms. The van der Waals surface area contributed by atoms with Crippen LogP contribution in [-0.4, -0.2) is 25.0 Å². The lowest BCUT2D eigenvalue weighted by molar-refractivity contribution is 0.0787. The molecule has 0 saturated carbocycles. The lowest BCUT2D eigenvalue weighted by Gasteiger charge is -2.17. The smallest absolute Gasteiger partial charge is 0.340 e. The molecule has 0 aliphatic rings. The quantitative estimate of drug-likeness (QED) is 0.306. The Morgan fingerprint density at radius 2 is 1.77 bits per heavy atom. The van der Waals surface area contributed by atoms with Gasteiger partial charge in [-0.05, 0) is 73.4 Å². The number of nitrogens with one attached hydrogen (secondary N) is 1. The summed E-state index contributed by atoms with van der Waals surface area (Å²) in [5.41, 5.74) is 7.17. The second kappa shape index (κ2) is 8.75. The highest BCUT2D eigenvalue weighted by Crippen LogP contribution is 2.39. The minimum absolute atomic E-state index is 0.101. The molecule has 0 fully saturated rings. The summed E-state index contributed by atoms with van der Waals surface area (Å²) in [6, 6.07) is 18.5. The highest BCUT2D eigenvalue weighted by Gasteiger charge is 2.22. The lowest BCUT2D eigenvalue weighted by Crippen LogP contribution is -2.38. The lowest BCUT2D eigenvalue weighted by atomic mass is 9.92. The molecule has 0 aliphatic carbocycles. The van der Waals surface area contributed by atoms with Crippen LogP contribution in [0.2, 0.25) is 0 Å². The molecule has 3 heterocycles. The third-order valence-corrected chi connectivity index (χ3v) is 7.44. The van der Waals surface area contributed by atoms with Gasteiger partial charge in [0.05, 0.1) is 27.9 Å². The number of hydrogen-bond acceptors (Lipinski definition) is 4. The van der Waals surface area contributed by atoms with Crippen LogP contribution in [0, 0.1) is 12.7 Å². The van der Waals surface area contributed by atoms with Gasteiger partial charge in [0.1, 0.15) is 0 Å². The summed E-state index contributed by atoms with van der Waals surface area (Å²) in [5, 5.41) is 12.0. The van der Waals surface area contributed by atoms with Crippen LogP contribution in [0.15, 0.2) is 82.5 Å². The molecule has 8 nitrogen and oxygen atoms in total. The maximum Gasteiger partial charge on any atom is 0.340 e. The molecule has 0 radical (unpaired) electrons. The van der Waals surface area contributed by atoms with Gasteiger partial charge >= 0.3 is 5.69 Å². The molecule has 200 valence electrons. The molecule has 6 aromatic rings. The molecule has 40 heavy (non-hydrogen) atoms. The largest absolute Gasteiger partial charge is 0.386 e. The molecule has 4 N–H and O–H groups in total. The van der Waals surface area contributed by atoms with Crippen LogP contribution in [0.3, 0.4) is 0 Å². The zero-order valence-corrected chi connectivity index (χ0v) is 21.9. The number of aliphatic hydroxyl groups is 1. The number of rotatable bonds is 4. The minimum atomic E-state index is -1.08. The molecule has 0 atom stereocenters. The average molecular weight is 537 g/mol. The van der Waals surface area contributed by atoms with Crippen molar-refractivity contribution in [3.8, 4) is 16.8 Å². The van der Waals surface area contributed by atoms with E-state index >= 15 is 4.39 Å². The van der Waals surface area contributed by atoms with E-state index in [1.54, 1.807) is 57.2 Å². The van der Waals surface area contributed by atoms with Gasteiger partial charge in [0.25, 0.3) is 11.5 Å². The van der Waals surface area contributed by atoms with Gasteiger partial charge in [0.2, 0.25) is 5.82 Å². The Bertz CT molecular complexity index is 2150. The number of carbonyl (C=O) groups excluding carboxylic acids is 1. The second-order valence-corrected chi connectivity index (χ2v) is 10.4. The molecular formula is C31H25FN4O4. The molecule has 0 aliphatic heterocycles. The number of carbonyl (C=O) groups is 1. The molecule has 0 unspecified atom stereocenters. The average Bonchev–Trinajstić information content (AvgIpc) is 3.31. The van der Waals surface area contributed by atoms with Crippen LogP contribution in [0.4, 0.5) is 4.39 Å². The standard InChI is InChI=1S/C31H25FN4O4/c1-16-18(7-6-9-23(16)36-29(38)26(32)24-8-4-5-14-35(24)30(36)39)19-12-13-21(28(33)37)27-25(19)20-11-10-17(31(2,3)40)15-22(20)34-27/h4-15,34,40H,1-3H3,(H2,33,37). The van der Waals surface area contributed by atoms with Crippen LogP contribution in [0.1, 0.15) is 35.3 Å². The van der Waals surface area contributed by atoms with E-state index in [1.807, 2.05) is 24.3 Å². The van der Waals surface area contributed by atoms with Crippen LogP contribution >= 0.6 is 0 Å². The van der Waals surface area contributed by atoms with Gasteiger partial charge in [-0.2, -0.15) is 4.39 Å². The Balaban J connectivity index is 1.67. The van der Waals surface area contributed by atoms with Crippen molar-refractivity contribution >= 4 is 33.2 Å². The van der Waals surface area contributed by atoms with E-state index in [9.17, 15) is 19.5 Å². The molecule has 6 rings (SSSR count). The summed E-state index contributed by atoms with van der Waals surface area (Å²) in [6.07, 6.45) is 1.41. The molecule has 0 spiro atoms. The number of aromatic nitrogens is 3. The second-order valence-electron chi connectivity index (χ2n) is 10.4. The van der Waals surface area contributed by atoms with E-state index < -0.39 is 28.6 Å². The van der Waals surface area contributed by atoms with Crippen molar-refractivity contribution in [2.45, 2.75) is 26.4 Å². The first-order chi connectivity index (χ1) is 19.0. The van der Waals surface area contributed by atoms with Gasteiger partial charge in [0, 0.05) is 22.5 Å². The summed E-state index contributed by atoms with van der Waals surface area (Å²) in [6.45, 7) is 5.13. The Morgan fingerprint density at radius 1 is 1.00 bits per heavy atom. The van der Waals surface area contributed by atoms with Crippen molar-refractivity contribution in [1.82, 2.24) is 14.0 Å². The third-order valence-electron chi connectivity index (χ3n) is 7.44. The Labute approximate surface area is 226 Å². The summed E-state index contributed by atoms with van der Waals surface area (Å²) < 4.78 is 17.0. The van der Waals surface area contributed by atoms with E-state index in [1.165, 1.54) is 12.3 Å². The number of aromatic amines is 1. The van der Waals surface area contributed by atoms with Gasteiger partial charge in [-0.3, -0.25) is 14.0 Å². The third kappa shape index (κ3) is 3.66. The molecule has 1 amide bonds. The Morgan fingerprint density at radius 3 is 2.50 bits per heavy atom. The monoisotopic (exact) mass is 536 g/mol. The van der Waals surface area contributed by atoms with E-state index in [-0.39, 0.29) is 11.2 Å². The van der Waals surface area contributed by atoms with Crippen LogP contribution < -0.4 is 17.0 Å². The van der Waals surface area contributed by atoms with Gasteiger partial charge in [0.15, 0.2) is 0 Å². The van der Waals surface area contributed by atoms with Crippen molar-refractivity contribution in [1.29, 1.82) is 0 Å². The zero-order valence-electron chi connectivity index (χ0n) is 21.9. The Hall–Kier alpha value is -5.02. The van der Waals surface area contributed by atoms with Gasteiger partial charge in [-0.15, -0.1) is 0 Å². The van der Waals surface area contributed by atoms with Crippen molar-refractivity contribution < 1.29 is 14.3 Å². The Kier molecular flexibility index (Phi) is 5.53. The van der Waals surface area contributed by atoms with Crippen molar-refractivity contribution in [3.63, 3.8) is 0 Å². The van der Waals surface area contributed by atoms with Crippen LogP contribution in [0.5, 0.6) is 0 Å². The SMILES string of the molecule is Cc1c(-c2ccc(C(N)=O)c3[nH]c4cc(C(C)(C)O)ccc4c23)cccc1-n1c(=O)c(F)c2ccccn2c1=O. The van der Waals surface area contributed by atoms with Crippen molar-refractivity contribution in [3.05, 3.63) is 116 Å². The fraction of sp³-hybridized carbons (Fsp3) is 0.129. The normalized spacial score (nSPS) is 12.0. The summed E-state index contributed by atoms with van der Waals surface area (Å²) in [4.78, 5) is 42.1. The highest BCUT2D eigenvalue weighted by atomic mass is 19.1. The molecular weight excluding hydrogens is 511 g/mol. The molecule has 0 saturated heterocycles. The van der Waals surface area contributed by atoms with Gasteiger partial charge < -0.3 is 15.8 Å². The minimum Gasteiger partial charge on any atom is -0.386 e. The number of nitrogens with two attached hydrogens (primary N) is 1. The first-order valence-electron chi connectivity index (χ1n) is 12.6. The number of amides is 1. The maximum atomic E-state index is 15.1. The number of primary amides is 1. The first-order valence-corrected chi connectivity index (χ1v) is 12.6. The highest BCUT2D eigenvalue weighted by molar-refractivity contribution is 6.20. The maximum absolute atomic E-state index is 15.1. The van der Waals surface area contributed by atoms with Crippen LogP contribution in [-0.2, 0) is 5.60 Å². The van der Waals surface area contributed by atoms with E-state index in [4.69, 9.17) is 5.73 Å². The van der Waals surface area contributed by atoms with Crippen molar-refractivity contribution in [2.24, 2.45) is 5.73 Å². The number of H-pyrrole nitrogens is 1. The number of pyridine rings is 1. The zero-order chi connectivity index (χ0) is 28.5. The number of benzene rings is 3. The fourth-order valence-electron chi connectivity index (χ4n) is 5.38.